The third-order valence-corrected chi connectivity index (χ3v) is 4.58. The number of para-hydroxylation sites is 1. The number of imidazole rings is 1. The van der Waals surface area contributed by atoms with Gasteiger partial charge in [0.15, 0.2) is 0 Å². The van der Waals surface area contributed by atoms with Gasteiger partial charge in [0.2, 0.25) is 0 Å². The maximum absolute atomic E-state index is 11.3. The molecular weight excluding hydrogens is 248 g/mol. The van der Waals surface area contributed by atoms with E-state index in [1.54, 1.807) is 18.5 Å². The molecule has 1 aromatic carbocycles. The minimum absolute atomic E-state index is 0.343. The Morgan fingerprint density at radius 1 is 1.56 bits per heavy atom. The summed E-state index contributed by atoms with van der Waals surface area (Å²) in [5, 5.41) is 9.24. The fourth-order valence-electron chi connectivity index (χ4n) is 2.44. The van der Waals surface area contributed by atoms with Crippen LogP contribution in [-0.2, 0) is 6.54 Å². The van der Waals surface area contributed by atoms with Crippen molar-refractivity contribution in [3.8, 4) is 0 Å². The molecular formula is C13H14N2O2S. The van der Waals surface area contributed by atoms with Crippen molar-refractivity contribution >= 4 is 28.8 Å². The molecule has 0 saturated carbocycles. The number of carboxylic acid groups (broad SMARTS) is 1. The molecule has 1 atom stereocenters. The van der Waals surface area contributed by atoms with Gasteiger partial charge in [-0.3, -0.25) is 0 Å². The van der Waals surface area contributed by atoms with E-state index >= 15 is 0 Å². The van der Waals surface area contributed by atoms with Crippen LogP contribution in [0, 0.1) is 5.92 Å². The smallest absolute Gasteiger partial charge is 0.337 e. The third-order valence-electron chi connectivity index (χ3n) is 3.35. The first-order valence-corrected chi connectivity index (χ1v) is 7.16. The number of carbonyl (C=O) groups is 1. The van der Waals surface area contributed by atoms with Crippen LogP contribution in [0.25, 0.3) is 11.0 Å². The van der Waals surface area contributed by atoms with Crippen molar-refractivity contribution in [2.45, 2.75) is 13.0 Å². The predicted molar refractivity (Wildman–Crippen MR) is 72.1 cm³/mol. The molecule has 1 saturated heterocycles. The summed E-state index contributed by atoms with van der Waals surface area (Å²) >= 11 is 1.97. The number of aromatic carboxylic acids is 1. The lowest BCUT2D eigenvalue weighted by Gasteiger charge is -2.11. The average Bonchev–Trinajstić information content (AvgIpc) is 2.99. The van der Waals surface area contributed by atoms with Gasteiger partial charge in [0.25, 0.3) is 0 Å². The van der Waals surface area contributed by atoms with Gasteiger partial charge in [-0.25, -0.2) is 9.78 Å². The van der Waals surface area contributed by atoms with Crippen molar-refractivity contribution in [2.24, 2.45) is 5.92 Å². The fourth-order valence-corrected chi connectivity index (χ4v) is 3.72. The van der Waals surface area contributed by atoms with Crippen LogP contribution in [0.15, 0.2) is 24.5 Å². The van der Waals surface area contributed by atoms with Crippen LogP contribution >= 0.6 is 11.8 Å². The van der Waals surface area contributed by atoms with E-state index in [1.807, 2.05) is 22.4 Å². The van der Waals surface area contributed by atoms with Gasteiger partial charge in [0, 0.05) is 6.54 Å². The van der Waals surface area contributed by atoms with E-state index in [1.165, 1.54) is 12.2 Å². The van der Waals surface area contributed by atoms with Gasteiger partial charge in [-0.15, -0.1) is 0 Å². The molecule has 0 radical (unpaired) electrons. The monoisotopic (exact) mass is 262 g/mol. The second-order valence-electron chi connectivity index (χ2n) is 4.61. The molecule has 4 nitrogen and oxygen atoms in total. The Balaban J connectivity index is 2.03. The van der Waals surface area contributed by atoms with E-state index in [4.69, 9.17) is 0 Å². The number of hydrogen-bond acceptors (Lipinski definition) is 3. The average molecular weight is 262 g/mol. The summed E-state index contributed by atoms with van der Waals surface area (Å²) in [5.41, 5.74) is 1.86. The Labute approximate surface area is 109 Å². The normalized spacial score (nSPS) is 19.4. The zero-order chi connectivity index (χ0) is 12.5. The number of fused-ring (bicyclic) bond motifs is 1. The lowest BCUT2D eigenvalue weighted by atomic mass is 10.1. The number of aromatic nitrogens is 2. The molecule has 5 heteroatoms. The zero-order valence-corrected chi connectivity index (χ0v) is 10.7. The zero-order valence-electron chi connectivity index (χ0n) is 9.87. The van der Waals surface area contributed by atoms with Crippen molar-refractivity contribution in [1.82, 2.24) is 9.55 Å². The number of thioether (sulfide) groups is 1. The molecule has 0 bridgehead atoms. The first-order chi connectivity index (χ1) is 8.75. The van der Waals surface area contributed by atoms with E-state index in [0.717, 1.165) is 23.3 Å². The lowest BCUT2D eigenvalue weighted by Crippen LogP contribution is -2.10. The van der Waals surface area contributed by atoms with Crippen LogP contribution in [0.2, 0.25) is 0 Å². The molecule has 1 N–H and O–H groups in total. The van der Waals surface area contributed by atoms with Gasteiger partial charge in [-0.2, -0.15) is 11.8 Å². The molecule has 18 heavy (non-hydrogen) atoms. The van der Waals surface area contributed by atoms with Gasteiger partial charge in [-0.1, -0.05) is 6.07 Å². The molecule has 94 valence electrons. The number of nitrogens with zero attached hydrogens (tertiary/aromatic N) is 2. The van der Waals surface area contributed by atoms with Crippen molar-refractivity contribution in [2.75, 3.05) is 11.5 Å². The molecule has 1 aliphatic rings. The molecule has 2 aromatic rings. The summed E-state index contributed by atoms with van der Waals surface area (Å²) in [6.45, 7) is 0.869. The van der Waals surface area contributed by atoms with Crippen LogP contribution in [0.5, 0.6) is 0 Å². The van der Waals surface area contributed by atoms with E-state index in [-0.39, 0.29) is 0 Å². The van der Waals surface area contributed by atoms with Crippen molar-refractivity contribution < 1.29 is 9.90 Å². The molecule has 0 aliphatic carbocycles. The largest absolute Gasteiger partial charge is 0.478 e. The molecule has 1 fully saturated rings. The highest BCUT2D eigenvalue weighted by atomic mass is 32.2. The Kier molecular flexibility index (Phi) is 2.99. The minimum Gasteiger partial charge on any atom is -0.478 e. The van der Waals surface area contributed by atoms with Crippen molar-refractivity contribution in [3.63, 3.8) is 0 Å². The highest BCUT2D eigenvalue weighted by Crippen LogP contribution is 2.27. The van der Waals surface area contributed by atoms with Crippen LogP contribution in [0.1, 0.15) is 16.8 Å². The summed E-state index contributed by atoms with van der Waals surface area (Å²) in [6.07, 6.45) is 2.97. The first kappa shape index (κ1) is 11.6. The van der Waals surface area contributed by atoms with Crippen molar-refractivity contribution in [1.29, 1.82) is 0 Å². The fraction of sp³-hybridized carbons (Fsp3) is 0.385. The lowest BCUT2D eigenvalue weighted by molar-refractivity contribution is 0.0698. The van der Waals surface area contributed by atoms with Gasteiger partial charge in [0.05, 0.1) is 22.9 Å². The topological polar surface area (TPSA) is 55.1 Å². The Morgan fingerprint density at radius 2 is 2.44 bits per heavy atom. The van der Waals surface area contributed by atoms with Crippen LogP contribution < -0.4 is 0 Å². The maximum atomic E-state index is 11.3. The quantitative estimate of drug-likeness (QED) is 0.923. The Hall–Kier alpha value is -1.49. The second kappa shape index (κ2) is 4.65. The standard InChI is InChI=1S/C13H14N2O2S/c16-13(17)10-2-1-3-11-12(10)15(8-14-11)6-9-4-5-18-7-9/h1-3,8-9H,4-7H2,(H,16,17). The first-order valence-electron chi connectivity index (χ1n) is 6.00. The van der Waals surface area contributed by atoms with Crippen LogP contribution in [0.3, 0.4) is 0 Å². The Bertz CT molecular complexity index is 588. The molecule has 1 unspecified atom stereocenters. The molecule has 3 rings (SSSR count). The van der Waals surface area contributed by atoms with E-state index in [2.05, 4.69) is 4.98 Å². The van der Waals surface area contributed by atoms with Crippen molar-refractivity contribution in [3.05, 3.63) is 30.1 Å². The number of carboxylic acids is 1. The van der Waals surface area contributed by atoms with E-state index < -0.39 is 5.97 Å². The van der Waals surface area contributed by atoms with Gasteiger partial charge < -0.3 is 9.67 Å². The Morgan fingerprint density at radius 3 is 3.17 bits per heavy atom. The molecule has 1 aromatic heterocycles. The van der Waals surface area contributed by atoms with Gasteiger partial charge in [0.1, 0.15) is 0 Å². The molecule has 0 amide bonds. The number of benzene rings is 1. The summed E-state index contributed by atoms with van der Waals surface area (Å²) in [5.74, 6) is 2.12. The highest BCUT2D eigenvalue weighted by Gasteiger charge is 2.19. The highest BCUT2D eigenvalue weighted by molar-refractivity contribution is 7.99. The number of hydrogen-bond donors (Lipinski definition) is 1. The molecule has 0 spiro atoms. The maximum Gasteiger partial charge on any atom is 0.337 e. The third kappa shape index (κ3) is 1.99. The summed E-state index contributed by atoms with van der Waals surface area (Å²) in [4.78, 5) is 15.6. The predicted octanol–water partition coefficient (Wildman–Crippen LogP) is 2.49. The van der Waals surface area contributed by atoms with E-state index in [0.29, 0.717) is 11.5 Å². The van der Waals surface area contributed by atoms with Gasteiger partial charge in [-0.05, 0) is 36.0 Å². The van der Waals surface area contributed by atoms with E-state index in [9.17, 15) is 9.90 Å². The summed E-state index contributed by atoms with van der Waals surface area (Å²) < 4.78 is 2.00. The molecule has 2 heterocycles. The van der Waals surface area contributed by atoms with Crippen LogP contribution in [-0.4, -0.2) is 32.1 Å². The van der Waals surface area contributed by atoms with Crippen LogP contribution in [0.4, 0.5) is 0 Å². The minimum atomic E-state index is -0.886. The summed E-state index contributed by atoms with van der Waals surface area (Å²) in [6, 6.07) is 5.25. The van der Waals surface area contributed by atoms with Gasteiger partial charge >= 0.3 is 5.97 Å². The number of rotatable bonds is 3. The summed E-state index contributed by atoms with van der Waals surface area (Å²) in [7, 11) is 0. The second-order valence-corrected chi connectivity index (χ2v) is 5.75. The SMILES string of the molecule is O=C(O)c1cccc2ncn(CC3CCSC3)c12. The molecule has 1 aliphatic heterocycles.